The summed E-state index contributed by atoms with van der Waals surface area (Å²) in [5, 5.41) is 13.3. The molecule has 152 valence electrons. The molecule has 29 heavy (non-hydrogen) atoms. The summed E-state index contributed by atoms with van der Waals surface area (Å²) in [5.74, 6) is -1.23. The van der Waals surface area contributed by atoms with Crippen LogP contribution >= 0.6 is 11.3 Å². The van der Waals surface area contributed by atoms with Gasteiger partial charge >= 0.3 is 5.97 Å². The van der Waals surface area contributed by atoms with Crippen LogP contribution in [-0.2, 0) is 14.3 Å². The van der Waals surface area contributed by atoms with Crippen LogP contribution in [0.25, 0.3) is 0 Å². The number of carbonyl (C=O) groups is 3. The smallest absolute Gasteiger partial charge is 0.308 e. The second kappa shape index (κ2) is 11.0. The highest BCUT2D eigenvalue weighted by Gasteiger charge is 2.18. The molecule has 0 spiro atoms. The lowest BCUT2D eigenvalue weighted by Gasteiger charge is -2.22. The van der Waals surface area contributed by atoms with Gasteiger partial charge in [-0.25, -0.2) is 0 Å². The normalized spacial score (nSPS) is 10.1. The number of benzene rings is 1. The lowest BCUT2D eigenvalue weighted by atomic mass is 10.1. The Morgan fingerprint density at radius 3 is 2.55 bits per heavy atom. The molecule has 1 aromatic heterocycles. The molecule has 0 bridgehead atoms. The molecule has 0 saturated carbocycles. The Kier molecular flexibility index (Phi) is 8.37. The van der Waals surface area contributed by atoms with Crippen LogP contribution in [-0.4, -0.2) is 37.5 Å². The number of ether oxygens (including phenoxy) is 1. The molecule has 2 amide bonds. The van der Waals surface area contributed by atoms with Gasteiger partial charge in [0.05, 0.1) is 23.8 Å². The van der Waals surface area contributed by atoms with E-state index < -0.39 is 18.5 Å². The summed E-state index contributed by atoms with van der Waals surface area (Å²) in [7, 11) is 0. The van der Waals surface area contributed by atoms with Crippen LogP contribution < -0.4 is 10.2 Å². The molecule has 1 N–H and O–H groups in total. The van der Waals surface area contributed by atoms with E-state index in [0.717, 1.165) is 11.1 Å². The van der Waals surface area contributed by atoms with E-state index in [-0.39, 0.29) is 31.8 Å². The summed E-state index contributed by atoms with van der Waals surface area (Å²) in [6.45, 7) is 3.77. The van der Waals surface area contributed by atoms with E-state index in [2.05, 4.69) is 5.32 Å². The number of nitrogens with zero attached hydrogens (tertiary/aromatic N) is 2. The molecule has 0 fully saturated rings. The van der Waals surface area contributed by atoms with Gasteiger partial charge in [-0.2, -0.15) is 5.26 Å². The van der Waals surface area contributed by atoms with E-state index in [1.807, 2.05) is 38.1 Å². The second-order valence-corrected chi connectivity index (χ2v) is 7.39. The summed E-state index contributed by atoms with van der Waals surface area (Å²) in [6.07, 6.45) is 0.133. The minimum Gasteiger partial charge on any atom is -0.455 e. The van der Waals surface area contributed by atoms with Crippen LogP contribution in [0.2, 0.25) is 0 Å². The predicted octanol–water partition coefficient (Wildman–Crippen LogP) is 2.97. The molecule has 0 atom stereocenters. The molecule has 1 aromatic carbocycles. The van der Waals surface area contributed by atoms with Gasteiger partial charge in [-0.3, -0.25) is 14.4 Å². The molecule has 0 unspecified atom stereocenters. The van der Waals surface area contributed by atoms with Crippen LogP contribution in [0.4, 0.5) is 5.69 Å². The van der Waals surface area contributed by atoms with Crippen molar-refractivity contribution in [1.29, 1.82) is 5.26 Å². The number of nitrogens with one attached hydrogen (secondary N) is 1. The van der Waals surface area contributed by atoms with Crippen LogP contribution in [0.5, 0.6) is 0 Å². The number of amides is 2. The summed E-state index contributed by atoms with van der Waals surface area (Å²) in [6, 6.07) is 11.2. The Bertz CT molecular complexity index is 883. The topological polar surface area (TPSA) is 99.5 Å². The van der Waals surface area contributed by atoms with Crippen LogP contribution in [0.1, 0.15) is 33.6 Å². The maximum Gasteiger partial charge on any atom is 0.308 e. The lowest BCUT2D eigenvalue weighted by Crippen LogP contribution is -2.36. The van der Waals surface area contributed by atoms with Gasteiger partial charge in [0, 0.05) is 18.8 Å². The van der Waals surface area contributed by atoms with Crippen molar-refractivity contribution in [3.05, 3.63) is 51.7 Å². The second-order valence-electron chi connectivity index (χ2n) is 6.44. The average molecular weight is 413 g/mol. The third-order valence-corrected chi connectivity index (χ3v) is 4.85. The van der Waals surface area contributed by atoms with Crippen molar-refractivity contribution in [1.82, 2.24) is 5.32 Å². The molecule has 2 rings (SSSR count). The quantitative estimate of drug-likeness (QED) is 0.637. The molecule has 0 aliphatic heterocycles. The molecule has 8 heteroatoms. The zero-order chi connectivity index (χ0) is 21.2. The molecule has 1 heterocycles. The minimum absolute atomic E-state index is 0.0356. The minimum atomic E-state index is -0.578. The predicted molar refractivity (Wildman–Crippen MR) is 111 cm³/mol. The highest BCUT2D eigenvalue weighted by atomic mass is 32.1. The number of thiophene rings is 1. The zero-order valence-electron chi connectivity index (χ0n) is 16.4. The van der Waals surface area contributed by atoms with Crippen molar-refractivity contribution in [2.45, 2.75) is 26.7 Å². The van der Waals surface area contributed by atoms with Gasteiger partial charge in [0.25, 0.3) is 11.8 Å². The number of aryl methyl sites for hydroxylation is 2. The fourth-order valence-corrected chi connectivity index (χ4v) is 3.37. The van der Waals surface area contributed by atoms with Gasteiger partial charge in [0.1, 0.15) is 0 Å². The highest BCUT2D eigenvalue weighted by Crippen LogP contribution is 2.19. The summed E-state index contributed by atoms with van der Waals surface area (Å²) in [5.41, 5.74) is 2.66. The Balaban J connectivity index is 1.86. The van der Waals surface area contributed by atoms with Gasteiger partial charge in [-0.1, -0.05) is 12.1 Å². The zero-order valence-corrected chi connectivity index (χ0v) is 17.3. The van der Waals surface area contributed by atoms with Crippen molar-refractivity contribution in [2.24, 2.45) is 0 Å². The van der Waals surface area contributed by atoms with Crippen molar-refractivity contribution in [2.75, 3.05) is 24.6 Å². The van der Waals surface area contributed by atoms with E-state index in [0.29, 0.717) is 10.6 Å². The Labute approximate surface area is 173 Å². The number of nitriles is 1. The molecule has 0 saturated heterocycles. The molecule has 0 radical (unpaired) electrons. The van der Waals surface area contributed by atoms with Gasteiger partial charge in [0.15, 0.2) is 6.61 Å². The number of hydrogen-bond donors (Lipinski definition) is 1. The first kappa shape index (κ1) is 22.1. The van der Waals surface area contributed by atoms with Crippen molar-refractivity contribution in [3.8, 4) is 6.07 Å². The van der Waals surface area contributed by atoms with E-state index in [1.165, 1.54) is 16.2 Å². The molecular weight excluding hydrogens is 390 g/mol. The fourth-order valence-electron chi connectivity index (χ4n) is 2.73. The molecule has 7 nitrogen and oxygen atoms in total. The number of anilines is 1. The van der Waals surface area contributed by atoms with Gasteiger partial charge in [-0.05, 0) is 48.6 Å². The van der Waals surface area contributed by atoms with E-state index in [9.17, 15) is 14.4 Å². The fraction of sp³-hybridized carbons (Fsp3) is 0.333. The van der Waals surface area contributed by atoms with Crippen LogP contribution in [0.3, 0.4) is 0 Å². The molecule has 0 aliphatic carbocycles. The largest absolute Gasteiger partial charge is 0.455 e. The lowest BCUT2D eigenvalue weighted by molar-refractivity contribution is -0.147. The molecule has 2 aromatic rings. The Hall–Kier alpha value is -3.18. The van der Waals surface area contributed by atoms with Gasteiger partial charge < -0.3 is 15.0 Å². The van der Waals surface area contributed by atoms with Gasteiger partial charge in [0.2, 0.25) is 0 Å². The first-order chi connectivity index (χ1) is 13.9. The van der Waals surface area contributed by atoms with E-state index in [4.69, 9.17) is 10.00 Å². The van der Waals surface area contributed by atoms with E-state index in [1.54, 1.807) is 17.5 Å². The Morgan fingerprint density at radius 1 is 1.21 bits per heavy atom. The maximum absolute atomic E-state index is 12.6. The first-order valence-electron chi connectivity index (χ1n) is 9.13. The molecular formula is C21H23N3O4S. The van der Waals surface area contributed by atoms with E-state index >= 15 is 0 Å². The first-order valence-corrected chi connectivity index (χ1v) is 10.0. The van der Waals surface area contributed by atoms with Crippen molar-refractivity contribution in [3.63, 3.8) is 0 Å². The number of esters is 1. The van der Waals surface area contributed by atoms with Crippen LogP contribution in [0, 0.1) is 25.2 Å². The number of hydrogen-bond acceptors (Lipinski definition) is 6. The van der Waals surface area contributed by atoms with Crippen molar-refractivity contribution < 1.29 is 19.1 Å². The summed E-state index contributed by atoms with van der Waals surface area (Å²) >= 11 is 1.31. The number of carbonyl (C=O) groups excluding carboxylic acids is 3. The molecule has 0 aliphatic rings. The third-order valence-electron chi connectivity index (χ3n) is 3.98. The van der Waals surface area contributed by atoms with Crippen LogP contribution in [0.15, 0.2) is 35.7 Å². The standard InChI is InChI=1S/C21H23N3O4S/c1-15-11-16(2)13-17(12-15)24(9-4-7-22)19(25)14-28-20(26)6-8-23-21(27)18-5-3-10-29-18/h3,5,10-13H,4,6,8-9,14H2,1-2H3,(H,23,27). The average Bonchev–Trinajstić information content (AvgIpc) is 3.21. The number of rotatable bonds is 9. The van der Waals surface area contributed by atoms with Gasteiger partial charge in [-0.15, -0.1) is 11.3 Å². The summed E-state index contributed by atoms with van der Waals surface area (Å²) < 4.78 is 5.06. The monoisotopic (exact) mass is 413 g/mol. The highest BCUT2D eigenvalue weighted by molar-refractivity contribution is 7.12. The third kappa shape index (κ3) is 7.05. The SMILES string of the molecule is Cc1cc(C)cc(N(CCC#N)C(=O)COC(=O)CCNC(=O)c2cccs2)c1. The van der Waals surface area contributed by atoms with Crippen molar-refractivity contribution >= 4 is 34.8 Å². The summed E-state index contributed by atoms with van der Waals surface area (Å²) in [4.78, 5) is 38.3. The maximum atomic E-state index is 12.6. The Morgan fingerprint density at radius 2 is 1.93 bits per heavy atom.